The Labute approximate surface area is 76.0 Å². The lowest BCUT2D eigenvalue weighted by Gasteiger charge is -2.10. The Morgan fingerprint density at radius 1 is 1.27 bits per heavy atom. The van der Waals surface area contributed by atoms with Gasteiger partial charge in [-0.1, -0.05) is 0 Å². The lowest BCUT2D eigenvalue weighted by atomic mass is 10.2. The van der Waals surface area contributed by atoms with E-state index in [-0.39, 0.29) is 0 Å². The predicted octanol–water partition coefficient (Wildman–Crippen LogP) is 2.33. The van der Waals surface area contributed by atoms with Gasteiger partial charge in [0.1, 0.15) is 0 Å². The summed E-state index contributed by atoms with van der Waals surface area (Å²) in [4.78, 5) is 12.5. The van der Waals surface area contributed by atoms with Gasteiger partial charge in [0.2, 0.25) is 0 Å². The molecule has 0 spiro atoms. The molecule has 0 saturated carbocycles. The molecule has 0 bridgehead atoms. The van der Waals surface area contributed by atoms with Crippen molar-refractivity contribution in [2.75, 3.05) is 17.3 Å². The number of rotatable bonds is 0. The first kappa shape index (κ1) is 9.20. The Morgan fingerprint density at radius 2 is 2.00 bits per heavy atom. The van der Waals surface area contributed by atoms with Crippen molar-refractivity contribution in [3.63, 3.8) is 0 Å². The van der Waals surface area contributed by atoms with Crippen molar-refractivity contribution < 1.29 is 4.79 Å². The molecule has 1 rings (SSSR count). The van der Waals surface area contributed by atoms with E-state index in [2.05, 4.69) is 0 Å². The van der Waals surface area contributed by atoms with Crippen LogP contribution in [0.4, 0.5) is 0 Å². The Hall–Kier alpha value is 0.110. The summed E-state index contributed by atoms with van der Waals surface area (Å²) in [7, 11) is 0. The minimum atomic E-state index is 0.305. The molecule has 0 aliphatic carbocycles. The van der Waals surface area contributed by atoms with Gasteiger partial charge in [0, 0.05) is 17.1 Å². The minimum Gasteiger partial charge on any atom is -0.294 e. The topological polar surface area (TPSA) is 17.1 Å². The quantitative estimate of drug-likeness (QED) is 0.581. The zero-order valence-electron chi connectivity index (χ0n) is 6.85. The number of ketones is 1. The SMILES string of the molecule is C/C1=C(\C)C(=O)CSCCS1. The summed E-state index contributed by atoms with van der Waals surface area (Å²) in [6, 6.07) is 0. The van der Waals surface area contributed by atoms with Crippen LogP contribution in [-0.2, 0) is 4.79 Å². The maximum atomic E-state index is 11.3. The number of Topliss-reactive ketones (excluding diaryl/α,β-unsaturated/α-hetero) is 1. The number of thioether (sulfide) groups is 2. The highest BCUT2D eigenvalue weighted by atomic mass is 32.2. The predicted molar refractivity (Wildman–Crippen MR) is 53.2 cm³/mol. The van der Waals surface area contributed by atoms with Crippen LogP contribution in [0.25, 0.3) is 0 Å². The summed E-state index contributed by atoms with van der Waals surface area (Å²) < 4.78 is 0. The number of carbonyl (C=O) groups excluding carboxylic acids is 1. The second-order valence-corrected chi connectivity index (χ2v) is 4.92. The van der Waals surface area contributed by atoms with Crippen molar-refractivity contribution >= 4 is 29.3 Å². The molecule has 1 nitrogen and oxygen atoms in total. The molecule has 0 fully saturated rings. The van der Waals surface area contributed by atoms with Gasteiger partial charge in [-0.15, -0.1) is 11.8 Å². The van der Waals surface area contributed by atoms with E-state index < -0.39 is 0 Å². The van der Waals surface area contributed by atoms with Crippen molar-refractivity contribution in [3.8, 4) is 0 Å². The largest absolute Gasteiger partial charge is 0.294 e. The van der Waals surface area contributed by atoms with Gasteiger partial charge < -0.3 is 0 Å². The zero-order chi connectivity index (χ0) is 8.27. The lowest BCUT2D eigenvalue weighted by molar-refractivity contribution is -0.113. The minimum absolute atomic E-state index is 0.305. The maximum absolute atomic E-state index is 11.3. The van der Waals surface area contributed by atoms with E-state index in [0.717, 1.165) is 17.1 Å². The molecule has 1 aliphatic heterocycles. The normalized spacial score (nSPS) is 28.0. The smallest absolute Gasteiger partial charge is 0.169 e. The highest BCUT2D eigenvalue weighted by Crippen LogP contribution is 2.24. The van der Waals surface area contributed by atoms with Crippen molar-refractivity contribution in [3.05, 3.63) is 10.5 Å². The number of hydrogen-bond donors (Lipinski definition) is 0. The van der Waals surface area contributed by atoms with Crippen LogP contribution >= 0.6 is 23.5 Å². The summed E-state index contributed by atoms with van der Waals surface area (Å²) in [6.07, 6.45) is 0. The third-order valence-electron chi connectivity index (χ3n) is 1.73. The average Bonchev–Trinajstić information content (AvgIpc) is 2.00. The fourth-order valence-electron chi connectivity index (χ4n) is 0.831. The first-order valence-corrected chi connectivity index (χ1v) is 5.77. The molecule has 11 heavy (non-hydrogen) atoms. The Kier molecular flexibility index (Phi) is 3.52. The average molecular weight is 188 g/mol. The number of carbonyl (C=O) groups is 1. The van der Waals surface area contributed by atoms with Gasteiger partial charge in [-0.2, -0.15) is 11.8 Å². The molecule has 0 atom stereocenters. The van der Waals surface area contributed by atoms with E-state index >= 15 is 0 Å². The van der Waals surface area contributed by atoms with E-state index in [1.54, 1.807) is 23.5 Å². The van der Waals surface area contributed by atoms with Gasteiger partial charge in [-0.25, -0.2) is 0 Å². The Bertz CT molecular complexity index is 196. The fraction of sp³-hybridized carbons (Fsp3) is 0.625. The standard InChI is InChI=1S/C8H12OS2/c1-6-7(2)11-4-3-10-5-8(6)9/h3-5H2,1-2H3/b7-6-. The van der Waals surface area contributed by atoms with Gasteiger partial charge in [-0.3, -0.25) is 4.79 Å². The van der Waals surface area contributed by atoms with Crippen LogP contribution in [0.5, 0.6) is 0 Å². The van der Waals surface area contributed by atoms with Gasteiger partial charge in [0.25, 0.3) is 0 Å². The second-order valence-electron chi connectivity index (χ2n) is 2.51. The van der Waals surface area contributed by atoms with Crippen LogP contribution < -0.4 is 0 Å². The molecule has 0 aromatic rings. The molecular weight excluding hydrogens is 176 g/mol. The molecule has 0 radical (unpaired) electrons. The molecule has 1 heterocycles. The van der Waals surface area contributed by atoms with E-state index in [4.69, 9.17) is 0 Å². The highest BCUT2D eigenvalue weighted by Gasteiger charge is 2.10. The summed E-state index contributed by atoms with van der Waals surface area (Å²) >= 11 is 3.54. The van der Waals surface area contributed by atoms with Crippen molar-refractivity contribution in [1.29, 1.82) is 0 Å². The zero-order valence-corrected chi connectivity index (χ0v) is 8.48. The first-order chi connectivity index (χ1) is 5.22. The monoisotopic (exact) mass is 188 g/mol. The van der Waals surface area contributed by atoms with Crippen molar-refractivity contribution in [1.82, 2.24) is 0 Å². The fourth-order valence-corrected chi connectivity index (χ4v) is 2.82. The van der Waals surface area contributed by atoms with Crippen molar-refractivity contribution in [2.45, 2.75) is 13.8 Å². The maximum Gasteiger partial charge on any atom is 0.169 e. The molecule has 62 valence electrons. The molecular formula is C8H12OS2. The van der Waals surface area contributed by atoms with Crippen LogP contribution in [-0.4, -0.2) is 23.0 Å². The van der Waals surface area contributed by atoms with Crippen LogP contribution in [0, 0.1) is 0 Å². The molecule has 0 aromatic heterocycles. The molecule has 3 heteroatoms. The van der Waals surface area contributed by atoms with E-state index in [1.165, 1.54) is 4.91 Å². The van der Waals surface area contributed by atoms with Crippen molar-refractivity contribution in [2.24, 2.45) is 0 Å². The Morgan fingerprint density at radius 3 is 2.73 bits per heavy atom. The molecule has 0 amide bonds. The summed E-state index contributed by atoms with van der Waals surface area (Å²) in [6.45, 7) is 3.96. The second kappa shape index (κ2) is 4.21. The first-order valence-electron chi connectivity index (χ1n) is 3.63. The van der Waals surface area contributed by atoms with Crippen LogP contribution in [0.3, 0.4) is 0 Å². The third-order valence-corrected chi connectivity index (χ3v) is 4.09. The van der Waals surface area contributed by atoms with Crippen LogP contribution in [0.15, 0.2) is 10.5 Å². The number of allylic oxidation sites excluding steroid dienone is 2. The summed E-state index contributed by atoms with van der Waals surface area (Å²) in [5.74, 6) is 3.21. The van der Waals surface area contributed by atoms with E-state index in [9.17, 15) is 4.79 Å². The number of hydrogen-bond acceptors (Lipinski definition) is 3. The van der Waals surface area contributed by atoms with Crippen LogP contribution in [0.2, 0.25) is 0 Å². The van der Waals surface area contributed by atoms with E-state index in [0.29, 0.717) is 11.5 Å². The van der Waals surface area contributed by atoms with Gasteiger partial charge in [0.15, 0.2) is 5.78 Å². The molecule has 0 N–H and O–H groups in total. The van der Waals surface area contributed by atoms with Gasteiger partial charge in [0.05, 0.1) is 5.75 Å². The lowest BCUT2D eigenvalue weighted by Crippen LogP contribution is -2.08. The highest BCUT2D eigenvalue weighted by molar-refractivity contribution is 8.05. The molecule has 0 aromatic carbocycles. The third kappa shape index (κ3) is 2.56. The molecule has 1 aliphatic rings. The Balaban J connectivity index is 2.74. The summed E-state index contributed by atoms with van der Waals surface area (Å²) in [5, 5.41) is 0. The van der Waals surface area contributed by atoms with Gasteiger partial charge >= 0.3 is 0 Å². The summed E-state index contributed by atoms with van der Waals surface area (Å²) in [5.41, 5.74) is 0.960. The van der Waals surface area contributed by atoms with Gasteiger partial charge in [-0.05, 0) is 18.8 Å². The van der Waals surface area contributed by atoms with Crippen LogP contribution in [0.1, 0.15) is 13.8 Å². The van der Waals surface area contributed by atoms with E-state index in [1.807, 2.05) is 13.8 Å². The molecule has 0 unspecified atom stereocenters. The molecule has 0 saturated heterocycles.